The molecule has 0 aromatic carbocycles. The van der Waals surface area contributed by atoms with Crippen molar-refractivity contribution in [3.8, 4) is 0 Å². The van der Waals surface area contributed by atoms with Crippen molar-refractivity contribution >= 4 is 11.6 Å². The zero-order chi connectivity index (χ0) is 16.2. The summed E-state index contributed by atoms with van der Waals surface area (Å²) in [6.07, 6.45) is 5.22. The number of nitrogens with zero attached hydrogens (tertiary/aromatic N) is 4. The number of aromatic nitrogens is 4. The lowest BCUT2D eigenvalue weighted by atomic mass is 10.3. The van der Waals surface area contributed by atoms with Crippen LogP contribution in [-0.4, -0.2) is 32.0 Å². The molecule has 3 aromatic heterocycles. The van der Waals surface area contributed by atoms with E-state index in [9.17, 15) is 4.79 Å². The van der Waals surface area contributed by atoms with Gasteiger partial charge in [-0.15, -0.1) is 0 Å². The van der Waals surface area contributed by atoms with Crippen LogP contribution in [0.2, 0.25) is 0 Å². The number of imidazole rings is 1. The zero-order valence-corrected chi connectivity index (χ0v) is 13.2. The molecule has 7 heteroatoms. The summed E-state index contributed by atoms with van der Waals surface area (Å²) in [5.41, 5.74) is 2.84. The van der Waals surface area contributed by atoms with Crippen LogP contribution in [0, 0.1) is 6.92 Å². The number of aryl methyl sites for hydroxylation is 2. The van der Waals surface area contributed by atoms with Gasteiger partial charge in [-0.3, -0.25) is 4.79 Å². The van der Waals surface area contributed by atoms with Crippen LogP contribution in [0.4, 0.5) is 0 Å². The first-order valence-corrected chi connectivity index (χ1v) is 7.67. The maximum Gasteiger partial charge on any atom is 0.228 e. The van der Waals surface area contributed by atoms with Gasteiger partial charge in [-0.2, -0.15) is 4.98 Å². The van der Waals surface area contributed by atoms with Gasteiger partial charge < -0.3 is 14.2 Å². The summed E-state index contributed by atoms with van der Waals surface area (Å²) in [7, 11) is 0. The molecular weight excluding hydrogens is 294 g/mol. The second kappa shape index (κ2) is 6.60. The van der Waals surface area contributed by atoms with Crippen molar-refractivity contribution < 1.29 is 9.32 Å². The normalized spacial score (nSPS) is 11.0. The molecule has 1 N–H and O–H groups in total. The predicted molar refractivity (Wildman–Crippen MR) is 84.0 cm³/mol. The second-order valence-electron chi connectivity index (χ2n) is 5.37. The number of rotatable bonds is 6. The number of amides is 1. The molecule has 0 unspecified atom stereocenters. The van der Waals surface area contributed by atoms with Gasteiger partial charge in [0, 0.05) is 31.8 Å². The number of fused-ring (bicyclic) bond motifs is 1. The van der Waals surface area contributed by atoms with Crippen LogP contribution < -0.4 is 5.32 Å². The van der Waals surface area contributed by atoms with Gasteiger partial charge in [-0.1, -0.05) is 18.1 Å². The fraction of sp³-hybridized carbons (Fsp3) is 0.375. The van der Waals surface area contributed by atoms with E-state index < -0.39 is 0 Å². The quantitative estimate of drug-likeness (QED) is 0.745. The van der Waals surface area contributed by atoms with E-state index in [1.54, 1.807) is 6.20 Å². The number of hydrogen-bond donors (Lipinski definition) is 1. The van der Waals surface area contributed by atoms with Crippen LogP contribution in [-0.2, 0) is 24.1 Å². The van der Waals surface area contributed by atoms with Gasteiger partial charge in [-0.05, 0) is 18.6 Å². The molecule has 23 heavy (non-hydrogen) atoms. The summed E-state index contributed by atoms with van der Waals surface area (Å²) in [5.74, 6) is 1.18. The van der Waals surface area contributed by atoms with Crippen LogP contribution in [0.5, 0.6) is 0 Å². The molecule has 0 saturated heterocycles. The van der Waals surface area contributed by atoms with Gasteiger partial charge in [0.15, 0.2) is 5.82 Å². The molecule has 0 atom stereocenters. The minimum absolute atomic E-state index is 0.0523. The van der Waals surface area contributed by atoms with Gasteiger partial charge in [0.05, 0.1) is 12.1 Å². The number of carbonyl (C=O) groups excluding carboxylic acids is 1. The van der Waals surface area contributed by atoms with Crippen molar-refractivity contribution in [2.45, 2.75) is 33.1 Å². The summed E-state index contributed by atoms with van der Waals surface area (Å²) in [5, 5.41) is 6.69. The molecule has 1 amide bonds. The fourth-order valence-corrected chi connectivity index (χ4v) is 2.40. The molecule has 0 saturated carbocycles. The molecule has 3 aromatic rings. The summed E-state index contributed by atoms with van der Waals surface area (Å²) in [6, 6.07) is 3.95. The van der Waals surface area contributed by atoms with Crippen molar-refractivity contribution in [2.75, 3.05) is 6.54 Å². The third kappa shape index (κ3) is 3.39. The van der Waals surface area contributed by atoms with Crippen molar-refractivity contribution in [2.24, 2.45) is 0 Å². The summed E-state index contributed by atoms with van der Waals surface area (Å²) in [4.78, 5) is 20.6. The minimum atomic E-state index is -0.0523. The van der Waals surface area contributed by atoms with E-state index in [1.165, 1.54) is 0 Å². The summed E-state index contributed by atoms with van der Waals surface area (Å²) in [6.45, 7) is 4.44. The first kappa shape index (κ1) is 15.2. The standard InChI is InChI=1S/C16H19N5O2/c1-3-13-19-15(23-20-13)6-7-17-14(22)9-12-10-18-16-11(2)5-4-8-21(12)16/h4-5,8,10H,3,6-7,9H2,1-2H3,(H,17,22). The highest BCUT2D eigenvalue weighted by Crippen LogP contribution is 2.11. The van der Waals surface area contributed by atoms with Crippen LogP contribution in [0.3, 0.4) is 0 Å². The Morgan fingerprint density at radius 2 is 2.30 bits per heavy atom. The number of nitrogens with one attached hydrogen (secondary N) is 1. The Hall–Kier alpha value is -2.70. The molecule has 0 aliphatic rings. The third-order valence-corrected chi connectivity index (χ3v) is 3.64. The highest BCUT2D eigenvalue weighted by atomic mass is 16.5. The van der Waals surface area contributed by atoms with Crippen LogP contribution >= 0.6 is 0 Å². The van der Waals surface area contributed by atoms with Crippen molar-refractivity contribution in [3.05, 3.63) is 47.5 Å². The van der Waals surface area contributed by atoms with Crippen molar-refractivity contribution in [3.63, 3.8) is 0 Å². The van der Waals surface area contributed by atoms with Crippen molar-refractivity contribution in [1.82, 2.24) is 24.8 Å². The number of hydrogen-bond acceptors (Lipinski definition) is 5. The number of pyridine rings is 1. The van der Waals surface area contributed by atoms with E-state index in [-0.39, 0.29) is 12.3 Å². The van der Waals surface area contributed by atoms with Crippen LogP contribution in [0.15, 0.2) is 29.0 Å². The van der Waals surface area contributed by atoms with E-state index in [0.717, 1.165) is 23.3 Å². The average Bonchev–Trinajstić information content (AvgIpc) is 3.15. The molecule has 0 aliphatic heterocycles. The molecule has 3 rings (SSSR count). The molecule has 7 nitrogen and oxygen atoms in total. The molecule has 0 aliphatic carbocycles. The Balaban J connectivity index is 1.55. The van der Waals surface area contributed by atoms with E-state index in [0.29, 0.717) is 24.7 Å². The highest BCUT2D eigenvalue weighted by molar-refractivity contribution is 5.78. The van der Waals surface area contributed by atoms with Gasteiger partial charge in [0.25, 0.3) is 0 Å². The monoisotopic (exact) mass is 313 g/mol. The zero-order valence-electron chi connectivity index (χ0n) is 13.2. The smallest absolute Gasteiger partial charge is 0.228 e. The Bertz CT molecular complexity index is 821. The topological polar surface area (TPSA) is 85.3 Å². The second-order valence-corrected chi connectivity index (χ2v) is 5.37. The summed E-state index contributed by atoms with van der Waals surface area (Å²) < 4.78 is 7.03. The first-order chi connectivity index (χ1) is 11.2. The highest BCUT2D eigenvalue weighted by Gasteiger charge is 2.10. The molecule has 0 bridgehead atoms. The molecule has 3 heterocycles. The fourth-order valence-electron chi connectivity index (χ4n) is 2.40. The van der Waals surface area contributed by atoms with Crippen molar-refractivity contribution in [1.29, 1.82) is 0 Å². The Kier molecular flexibility index (Phi) is 4.36. The maximum absolute atomic E-state index is 12.1. The number of carbonyl (C=O) groups is 1. The van der Waals surface area contributed by atoms with E-state index >= 15 is 0 Å². The SMILES string of the molecule is CCc1noc(CCNC(=O)Cc2cnc3c(C)cccn23)n1. The van der Waals surface area contributed by atoms with Gasteiger partial charge in [0.1, 0.15) is 5.65 Å². The Morgan fingerprint density at radius 1 is 1.43 bits per heavy atom. The van der Waals surface area contributed by atoms with E-state index in [2.05, 4.69) is 20.4 Å². The molecule has 0 spiro atoms. The van der Waals surface area contributed by atoms with Crippen LogP contribution in [0.25, 0.3) is 5.65 Å². The van der Waals surface area contributed by atoms with Gasteiger partial charge >= 0.3 is 0 Å². The largest absolute Gasteiger partial charge is 0.355 e. The Labute approximate surface area is 133 Å². The lowest BCUT2D eigenvalue weighted by Crippen LogP contribution is -2.27. The molecule has 0 radical (unpaired) electrons. The average molecular weight is 313 g/mol. The van der Waals surface area contributed by atoms with E-state index in [4.69, 9.17) is 4.52 Å². The molecule has 120 valence electrons. The minimum Gasteiger partial charge on any atom is -0.355 e. The Morgan fingerprint density at radius 3 is 3.09 bits per heavy atom. The summed E-state index contributed by atoms with van der Waals surface area (Å²) >= 11 is 0. The molecular formula is C16H19N5O2. The first-order valence-electron chi connectivity index (χ1n) is 7.67. The lowest BCUT2D eigenvalue weighted by Gasteiger charge is -2.04. The lowest BCUT2D eigenvalue weighted by molar-refractivity contribution is -0.120. The predicted octanol–water partition coefficient (Wildman–Crippen LogP) is 1.49. The maximum atomic E-state index is 12.1. The van der Waals surface area contributed by atoms with Gasteiger partial charge in [0.2, 0.25) is 11.8 Å². The third-order valence-electron chi connectivity index (χ3n) is 3.64. The molecule has 0 fully saturated rings. The van der Waals surface area contributed by atoms with Crippen LogP contribution in [0.1, 0.15) is 29.9 Å². The van der Waals surface area contributed by atoms with E-state index in [1.807, 2.05) is 36.6 Å². The van der Waals surface area contributed by atoms with Gasteiger partial charge in [-0.25, -0.2) is 4.98 Å².